The number of unbranched alkanes of at least 4 members (excludes halogenated alkanes) is 4. The Morgan fingerprint density at radius 2 is 1.87 bits per heavy atom. The summed E-state index contributed by atoms with van der Waals surface area (Å²) in [6.45, 7) is 1.43. The van der Waals surface area contributed by atoms with Crippen molar-refractivity contribution in [1.29, 1.82) is 0 Å². The monoisotopic (exact) mass is 218 g/mol. The van der Waals surface area contributed by atoms with Crippen LogP contribution in [0.15, 0.2) is 0 Å². The number of alkyl carbamates (subject to hydrolysis) is 1. The molecule has 0 aliphatic rings. The van der Waals surface area contributed by atoms with Crippen molar-refractivity contribution in [3.8, 4) is 0 Å². The zero-order chi connectivity index (χ0) is 11.4. The van der Waals surface area contributed by atoms with Gasteiger partial charge in [-0.15, -0.1) is 0 Å². The average molecular weight is 218 g/mol. The summed E-state index contributed by atoms with van der Waals surface area (Å²) in [5.74, 6) is 0. The Labute approximate surface area is 91.3 Å². The summed E-state index contributed by atoms with van der Waals surface area (Å²) >= 11 is 0. The molecular weight excluding hydrogens is 196 g/mol. The van der Waals surface area contributed by atoms with Gasteiger partial charge in [-0.3, -0.25) is 0 Å². The molecule has 15 heavy (non-hydrogen) atoms. The number of hydrogen-bond acceptors (Lipinski definition) is 4. The number of rotatable bonds is 9. The minimum absolute atomic E-state index is 0.00231. The van der Waals surface area contributed by atoms with Gasteiger partial charge < -0.3 is 20.5 Å². The Kier molecular flexibility index (Phi) is 10.7. The van der Waals surface area contributed by atoms with E-state index >= 15 is 0 Å². The third kappa shape index (κ3) is 11.1. The Bertz CT molecular complexity index is 154. The summed E-state index contributed by atoms with van der Waals surface area (Å²) in [7, 11) is 1.48. The SMILES string of the molecule is COCOC(=O)NCCCCCCCN. The van der Waals surface area contributed by atoms with E-state index in [-0.39, 0.29) is 6.79 Å². The molecule has 0 aromatic rings. The molecule has 0 radical (unpaired) electrons. The standard InChI is InChI=1S/C10H22N2O3/c1-14-9-15-10(13)12-8-6-4-2-3-5-7-11/h2-9,11H2,1H3,(H,12,13). The third-order valence-electron chi connectivity index (χ3n) is 1.96. The van der Waals surface area contributed by atoms with E-state index in [1.54, 1.807) is 0 Å². The van der Waals surface area contributed by atoms with Gasteiger partial charge in [-0.25, -0.2) is 4.79 Å². The van der Waals surface area contributed by atoms with Crippen LogP contribution in [0.3, 0.4) is 0 Å². The number of carbonyl (C=O) groups is 1. The van der Waals surface area contributed by atoms with Crippen LogP contribution in [0.25, 0.3) is 0 Å². The Morgan fingerprint density at radius 1 is 1.20 bits per heavy atom. The lowest BCUT2D eigenvalue weighted by molar-refractivity contribution is 0.0120. The molecule has 3 N–H and O–H groups in total. The number of ether oxygens (including phenoxy) is 2. The lowest BCUT2D eigenvalue weighted by atomic mass is 10.1. The molecule has 1 amide bonds. The zero-order valence-corrected chi connectivity index (χ0v) is 9.46. The summed E-state index contributed by atoms with van der Waals surface area (Å²) < 4.78 is 9.24. The first-order valence-electron chi connectivity index (χ1n) is 5.41. The number of nitrogens with one attached hydrogen (secondary N) is 1. The van der Waals surface area contributed by atoms with Crippen LogP contribution in [0.1, 0.15) is 32.1 Å². The molecule has 0 heterocycles. The maximum Gasteiger partial charge on any atom is 0.409 e. The summed E-state index contributed by atoms with van der Waals surface area (Å²) in [4.78, 5) is 10.9. The zero-order valence-electron chi connectivity index (χ0n) is 9.46. The van der Waals surface area contributed by atoms with E-state index in [0.717, 1.165) is 25.8 Å². The highest BCUT2D eigenvalue weighted by molar-refractivity contribution is 5.66. The molecule has 0 spiro atoms. The minimum atomic E-state index is -0.418. The van der Waals surface area contributed by atoms with Gasteiger partial charge in [0.1, 0.15) is 0 Å². The molecule has 0 bridgehead atoms. The molecule has 0 fully saturated rings. The van der Waals surface area contributed by atoms with Gasteiger partial charge >= 0.3 is 6.09 Å². The predicted octanol–water partition coefficient (Wildman–Crippen LogP) is 1.23. The molecule has 0 aliphatic heterocycles. The van der Waals surface area contributed by atoms with Crippen LogP contribution in [-0.4, -0.2) is 33.1 Å². The highest BCUT2D eigenvalue weighted by Crippen LogP contribution is 2.00. The largest absolute Gasteiger partial charge is 0.422 e. The molecule has 5 heteroatoms. The lowest BCUT2D eigenvalue weighted by Crippen LogP contribution is -2.25. The molecule has 0 rings (SSSR count). The van der Waals surface area contributed by atoms with Crippen LogP contribution in [0, 0.1) is 0 Å². The molecule has 0 atom stereocenters. The first kappa shape index (κ1) is 14.2. The van der Waals surface area contributed by atoms with Gasteiger partial charge in [0.2, 0.25) is 0 Å². The van der Waals surface area contributed by atoms with E-state index < -0.39 is 6.09 Å². The quantitative estimate of drug-likeness (QED) is 0.451. The van der Waals surface area contributed by atoms with Crippen molar-refractivity contribution in [1.82, 2.24) is 5.32 Å². The summed E-state index contributed by atoms with van der Waals surface area (Å²) in [6, 6.07) is 0. The van der Waals surface area contributed by atoms with Crippen molar-refractivity contribution >= 4 is 6.09 Å². The van der Waals surface area contributed by atoms with Crippen molar-refractivity contribution in [2.75, 3.05) is 27.0 Å². The van der Waals surface area contributed by atoms with Crippen molar-refractivity contribution in [3.63, 3.8) is 0 Å². The fraction of sp³-hybridized carbons (Fsp3) is 0.900. The lowest BCUT2D eigenvalue weighted by Gasteiger charge is -2.05. The topological polar surface area (TPSA) is 73.6 Å². The van der Waals surface area contributed by atoms with E-state index in [4.69, 9.17) is 5.73 Å². The molecule has 5 nitrogen and oxygen atoms in total. The second-order valence-electron chi connectivity index (χ2n) is 3.32. The molecule has 0 aliphatic carbocycles. The van der Waals surface area contributed by atoms with Crippen molar-refractivity contribution in [2.45, 2.75) is 32.1 Å². The van der Waals surface area contributed by atoms with Crippen LogP contribution in [0.5, 0.6) is 0 Å². The van der Waals surface area contributed by atoms with Crippen LogP contribution >= 0.6 is 0 Å². The number of amides is 1. The predicted molar refractivity (Wildman–Crippen MR) is 58.5 cm³/mol. The van der Waals surface area contributed by atoms with E-state index in [0.29, 0.717) is 6.54 Å². The highest BCUT2D eigenvalue weighted by Gasteiger charge is 1.98. The average Bonchev–Trinajstić information content (AvgIpc) is 2.25. The number of hydrogen-bond donors (Lipinski definition) is 2. The minimum Gasteiger partial charge on any atom is -0.422 e. The number of nitrogens with two attached hydrogens (primary N) is 1. The van der Waals surface area contributed by atoms with Gasteiger partial charge in [-0.2, -0.15) is 0 Å². The molecular formula is C10H22N2O3. The number of methoxy groups -OCH3 is 1. The molecule has 0 saturated heterocycles. The summed E-state index contributed by atoms with van der Waals surface area (Å²) in [5, 5.41) is 2.64. The molecule has 0 aromatic heterocycles. The highest BCUT2D eigenvalue weighted by atomic mass is 16.7. The second-order valence-corrected chi connectivity index (χ2v) is 3.32. The van der Waals surface area contributed by atoms with Crippen molar-refractivity contribution in [3.05, 3.63) is 0 Å². The van der Waals surface area contributed by atoms with Gasteiger partial charge in [0.25, 0.3) is 0 Å². The van der Waals surface area contributed by atoms with E-state index in [1.807, 2.05) is 0 Å². The van der Waals surface area contributed by atoms with Crippen LogP contribution < -0.4 is 11.1 Å². The maximum absolute atomic E-state index is 10.9. The van der Waals surface area contributed by atoms with E-state index in [2.05, 4.69) is 14.8 Å². The first-order chi connectivity index (χ1) is 7.31. The smallest absolute Gasteiger partial charge is 0.409 e. The van der Waals surface area contributed by atoms with Crippen LogP contribution in [0.2, 0.25) is 0 Å². The summed E-state index contributed by atoms with van der Waals surface area (Å²) in [5.41, 5.74) is 5.37. The normalized spacial score (nSPS) is 10.0. The Balaban J connectivity index is 3.06. The second kappa shape index (κ2) is 11.3. The van der Waals surface area contributed by atoms with Crippen LogP contribution in [0.4, 0.5) is 4.79 Å². The van der Waals surface area contributed by atoms with Gasteiger partial charge in [-0.05, 0) is 19.4 Å². The van der Waals surface area contributed by atoms with E-state index in [9.17, 15) is 4.79 Å². The van der Waals surface area contributed by atoms with Crippen molar-refractivity contribution in [2.24, 2.45) is 5.73 Å². The third-order valence-corrected chi connectivity index (χ3v) is 1.96. The maximum atomic E-state index is 10.9. The Hall–Kier alpha value is -0.810. The fourth-order valence-electron chi connectivity index (χ4n) is 1.15. The van der Waals surface area contributed by atoms with Gasteiger partial charge in [0.15, 0.2) is 6.79 Å². The van der Waals surface area contributed by atoms with Gasteiger partial charge in [-0.1, -0.05) is 19.3 Å². The van der Waals surface area contributed by atoms with Gasteiger partial charge in [0.05, 0.1) is 0 Å². The van der Waals surface area contributed by atoms with E-state index in [1.165, 1.54) is 20.0 Å². The molecule has 0 unspecified atom stereocenters. The van der Waals surface area contributed by atoms with Gasteiger partial charge in [0, 0.05) is 13.7 Å². The van der Waals surface area contributed by atoms with Crippen molar-refractivity contribution < 1.29 is 14.3 Å². The summed E-state index contributed by atoms with van der Waals surface area (Å²) in [6.07, 6.45) is 5.11. The Morgan fingerprint density at radius 3 is 2.53 bits per heavy atom. The molecule has 0 saturated carbocycles. The fourth-order valence-corrected chi connectivity index (χ4v) is 1.15. The molecule has 90 valence electrons. The number of carbonyl (C=O) groups excluding carboxylic acids is 1. The molecule has 0 aromatic carbocycles. The van der Waals surface area contributed by atoms with Crippen LogP contribution in [-0.2, 0) is 9.47 Å². The first-order valence-corrected chi connectivity index (χ1v) is 5.41.